The van der Waals surface area contributed by atoms with Crippen molar-refractivity contribution in [1.29, 1.82) is 0 Å². The molecule has 0 unspecified atom stereocenters. The van der Waals surface area contributed by atoms with Crippen LogP contribution in [0.4, 0.5) is 0 Å². The fourth-order valence-electron chi connectivity index (χ4n) is 0.719. The van der Waals surface area contributed by atoms with E-state index in [9.17, 15) is 4.79 Å². The maximum Gasteiger partial charge on any atom is 0.269 e. The number of aliphatic hydroxyl groups is 1. The maximum atomic E-state index is 11.1. The number of rotatable bonds is 3. The molecule has 0 aliphatic carbocycles. The van der Waals surface area contributed by atoms with Crippen LogP contribution in [0.3, 0.4) is 0 Å². The van der Waals surface area contributed by atoms with Crippen LogP contribution >= 0.6 is 12.2 Å². The van der Waals surface area contributed by atoms with Gasteiger partial charge in [-0.25, -0.2) is 0 Å². The van der Waals surface area contributed by atoms with Crippen LogP contribution in [0.2, 0.25) is 0 Å². The average Bonchev–Trinajstić information content (AvgIpc) is 2.47. The van der Waals surface area contributed by atoms with Crippen molar-refractivity contribution in [2.24, 2.45) is 0 Å². The van der Waals surface area contributed by atoms with Gasteiger partial charge in [0.25, 0.3) is 5.91 Å². The first-order valence-electron chi connectivity index (χ1n) is 3.41. The zero-order valence-corrected chi connectivity index (χ0v) is 7.07. The van der Waals surface area contributed by atoms with Gasteiger partial charge < -0.3 is 20.4 Å². The fourth-order valence-corrected chi connectivity index (χ4v) is 0.888. The zero-order chi connectivity index (χ0) is 8.97. The predicted molar refractivity (Wildman–Crippen MR) is 45.4 cm³/mol. The number of hydrogen-bond donors (Lipinski definition) is 4. The van der Waals surface area contributed by atoms with E-state index in [0.717, 1.165) is 0 Å². The Morgan fingerprint density at radius 1 is 1.75 bits per heavy atom. The summed E-state index contributed by atoms with van der Waals surface area (Å²) >= 11 is 4.72. The minimum atomic E-state index is -0.281. The number of aromatic amines is 2. The van der Waals surface area contributed by atoms with Gasteiger partial charge in [0.15, 0.2) is 4.77 Å². The summed E-state index contributed by atoms with van der Waals surface area (Å²) in [7, 11) is 0. The largest absolute Gasteiger partial charge is 0.395 e. The Labute approximate surface area is 73.8 Å². The second kappa shape index (κ2) is 4.03. The van der Waals surface area contributed by atoms with Gasteiger partial charge in [0, 0.05) is 12.7 Å². The van der Waals surface area contributed by atoms with Crippen molar-refractivity contribution >= 4 is 18.1 Å². The van der Waals surface area contributed by atoms with Crippen LogP contribution in [0.15, 0.2) is 6.20 Å². The lowest BCUT2D eigenvalue weighted by Crippen LogP contribution is -2.26. The maximum absolute atomic E-state index is 11.1. The molecule has 0 bridgehead atoms. The van der Waals surface area contributed by atoms with Crippen LogP contribution in [0.5, 0.6) is 0 Å². The van der Waals surface area contributed by atoms with Crippen molar-refractivity contribution < 1.29 is 9.90 Å². The molecular formula is C6H9N3O2S. The third kappa shape index (κ3) is 2.18. The molecule has 4 N–H and O–H groups in total. The number of carbonyl (C=O) groups is 1. The highest BCUT2D eigenvalue weighted by atomic mass is 32.1. The first-order valence-corrected chi connectivity index (χ1v) is 3.81. The van der Waals surface area contributed by atoms with Gasteiger partial charge in [-0.1, -0.05) is 0 Å². The van der Waals surface area contributed by atoms with E-state index in [1.165, 1.54) is 6.20 Å². The van der Waals surface area contributed by atoms with E-state index < -0.39 is 0 Å². The molecule has 0 aliphatic heterocycles. The molecule has 12 heavy (non-hydrogen) atoms. The summed E-state index contributed by atoms with van der Waals surface area (Å²) in [6, 6.07) is 0. The molecule has 0 atom stereocenters. The molecule has 0 saturated heterocycles. The molecule has 66 valence electrons. The number of hydrogen-bond acceptors (Lipinski definition) is 3. The van der Waals surface area contributed by atoms with Gasteiger partial charge in [0.2, 0.25) is 0 Å². The van der Waals surface area contributed by atoms with E-state index in [1.54, 1.807) is 0 Å². The Balaban J connectivity index is 2.59. The molecule has 0 aromatic carbocycles. The normalized spacial score (nSPS) is 9.75. The van der Waals surface area contributed by atoms with Gasteiger partial charge in [-0.3, -0.25) is 4.79 Å². The van der Waals surface area contributed by atoms with Gasteiger partial charge in [0.1, 0.15) is 5.69 Å². The number of carbonyl (C=O) groups excluding carboxylic acids is 1. The molecule has 0 radical (unpaired) electrons. The first-order chi connectivity index (χ1) is 5.74. The van der Waals surface area contributed by atoms with E-state index in [0.29, 0.717) is 10.5 Å². The number of H-pyrrole nitrogens is 2. The van der Waals surface area contributed by atoms with Crippen molar-refractivity contribution in [3.05, 3.63) is 16.7 Å². The van der Waals surface area contributed by atoms with E-state index in [4.69, 9.17) is 17.3 Å². The number of amides is 1. The van der Waals surface area contributed by atoms with Crippen LogP contribution in [0.1, 0.15) is 10.5 Å². The standard InChI is InChI=1S/C6H9N3O2S/c10-2-1-7-5(11)4-3-8-6(12)9-4/h3,10H,1-2H2,(H,7,11)(H2,8,9,12). The quantitative estimate of drug-likeness (QED) is 0.494. The molecule has 5 nitrogen and oxygen atoms in total. The Morgan fingerprint density at radius 2 is 2.50 bits per heavy atom. The van der Waals surface area contributed by atoms with Gasteiger partial charge in [-0.2, -0.15) is 0 Å². The lowest BCUT2D eigenvalue weighted by molar-refractivity contribution is 0.0940. The number of aromatic nitrogens is 2. The second-order valence-corrected chi connectivity index (χ2v) is 2.54. The van der Waals surface area contributed by atoms with Gasteiger partial charge in [-0.05, 0) is 12.2 Å². The molecule has 1 aromatic heterocycles. The molecule has 0 fully saturated rings. The fraction of sp³-hybridized carbons (Fsp3) is 0.333. The topological polar surface area (TPSA) is 80.9 Å². The summed E-state index contributed by atoms with van der Waals surface area (Å²) in [6.07, 6.45) is 1.48. The average molecular weight is 187 g/mol. The van der Waals surface area contributed by atoms with E-state index in [-0.39, 0.29) is 19.1 Å². The third-order valence-electron chi connectivity index (χ3n) is 1.24. The summed E-state index contributed by atoms with van der Waals surface area (Å²) in [5.74, 6) is -0.281. The van der Waals surface area contributed by atoms with Crippen molar-refractivity contribution in [3.63, 3.8) is 0 Å². The molecule has 1 rings (SSSR count). The van der Waals surface area contributed by atoms with Gasteiger partial charge >= 0.3 is 0 Å². The van der Waals surface area contributed by atoms with E-state index >= 15 is 0 Å². The summed E-state index contributed by atoms with van der Waals surface area (Å²) in [5, 5.41) is 10.9. The zero-order valence-electron chi connectivity index (χ0n) is 6.26. The van der Waals surface area contributed by atoms with Crippen LogP contribution in [-0.2, 0) is 0 Å². The SMILES string of the molecule is O=C(NCCO)c1c[nH]c(=S)[nH]1. The summed E-state index contributed by atoms with van der Waals surface area (Å²) in [5.41, 5.74) is 0.369. The summed E-state index contributed by atoms with van der Waals surface area (Å²) in [6.45, 7) is 0.168. The van der Waals surface area contributed by atoms with Gasteiger partial charge in [-0.15, -0.1) is 0 Å². The van der Waals surface area contributed by atoms with Crippen molar-refractivity contribution in [2.45, 2.75) is 0 Å². The molecule has 1 aromatic rings. The highest BCUT2D eigenvalue weighted by Gasteiger charge is 2.04. The minimum Gasteiger partial charge on any atom is -0.395 e. The molecule has 1 heterocycles. The third-order valence-corrected chi connectivity index (χ3v) is 1.46. The number of imidazole rings is 1. The predicted octanol–water partition coefficient (Wildman–Crippen LogP) is -0.206. The van der Waals surface area contributed by atoms with E-state index in [2.05, 4.69) is 15.3 Å². The Bertz CT molecular complexity index is 317. The van der Waals surface area contributed by atoms with Crippen molar-refractivity contribution in [1.82, 2.24) is 15.3 Å². The Morgan fingerprint density at radius 3 is 3.00 bits per heavy atom. The monoisotopic (exact) mass is 187 g/mol. The second-order valence-electron chi connectivity index (χ2n) is 2.14. The lowest BCUT2D eigenvalue weighted by atomic mass is 10.4. The van der Waals surface area contributed by atoms with Crippen LogP contribution < -0.4 is 5.32 Å². The molecule has 6 heteroatoms. The van der Waals surface area contributed by atoms with Crippen molar-refractivity contribution in [3.8, 4) is 0 Å². The van der Waals surface area contributed by atoms with Crippen molar-refractivity contribution in [2.75, 3.05) is 13.2 Å². The highest BCUT2D eigenvalue weighted by Crippen LogP contribution is 1.91. The van der Waals surface area contributed by atoms with Crippen LogP contribution in [0, 0.1) is 4.77 Å². The molecular weight excluding hydrogens is 178 g/mol. The molecule has 0 spiro atoms. The number of aliphatic hydroxyl groups excluding tert-OH is 1. The first kappa shape index (κ1) is 8.95. The molecule has 1 amide bonds. The minimum absolute atomic E-state index is 0.0725. The van der Waals surface area contributed by atoms with Crippen LogP contribution in [-0.4, -0.2) is 34.1 Å². The Hall–Kier alpha value is -1.14. The molecule has 0 aliphatic rings. The Kier molecular flexibility index (Phi) is 3.01. The summed E-state index contributed by atoms with van der Waals surface area (Å²) in [4.78, 5) is 16.4. The van der Waals surface area contributed by atoms with Gasteiger partial charge in [0.05, 0.1) is 6.61 Å². The smallest absolute Gasteiger partial charge is 0.269 e. The molecule has 0 saturated carbocycles. The highest BCUT2D eigenvalue weighted by molar-refractivity contribution is 7.71. The lowest BCUT2D eigenvalue weighted by Gasteiger charge is -1.98. The summed E-state index contributed by atoms with van der Waals surface area (Å²) < 4.78 is 0.407. The van der Waals surface area contributed by atoms with E-state index in [1.807, 2.05) is 0 Å². The van der Waals surface area contributed by atoms with Crippen LogP contribution in [0.25, 0.3) is 0 Å². The number of nitrogens with one attached hydrogen (secondary N) is 3.